The van der Waals surface area contributed by atoms with Crippen molar-refractivity contribution >= 4 is 39.7 Å². The first-order valence-corrected chi connectivity index (χ1v) is 17.8. The Kier molecular flexibility index (Phi) is 7.13. The van der Waals surface area contributed by atoms with Crippen molar-refractivity contribution in [2.75, 3.05) is 0 Å². The van der Waals surface area contributed by atoms with E-state index in [1.807, 2.05) is 6.08 Å². The molecule has 2 aromatic heterocycles. The van der Waals surface area contributed by atoms with Gasteiger partial charge in [-0.1, -0.05) is 91.4 Å². The fourth-order valence-corrected chi connectivity index (χ4v) is 9.26. The summed E-state index contributed by atoms with van der Waals surface area (Å²) < 4.78 is 5.14. The third-order valence-electron chi connectivity index (χ3n) is 11.4. The molecular weight excluding hydrogens is 569 g/mol. The standard InChI is InChI=1S/C45H42N2/c1-2-36-34(28-31-14-5-3-6-15-31)16-13-23-41(36)47-43-22-12-10-20-38(43)40-29-32(25-27-44(40)47)33-24-26-39-37-19-9-11-21-42(37)46(45(39)30-33)35-17-7-4-8-18-35/h3-5,7-12,14-15,17-23,25,27,30-32,34,36H,2,13,16,24,26,28-29H2,1H3/t31?,32-,34+,36?/m0/s1. The Labute approximate surface area is 278 Å². The molecule has 9 rings (SSSR count). The van der Waals surface area contributed by atoms with Gasteiger partial charge in [0, 0.05) is 45.6 Å². The van der Waals surface area contributed by atoms with E-state index in [2.05, 4.69) is 143 Å². The Balaban J connectivity index is 1.10. The number of benzene rings is 3. The van der Waals surface area contributed by atoms with Gasteiger partial charge in [0.2, 0.25) is 0 Å². The molecule has 2 unspecified atom stereocenters. The van der Waals surface area contributed by atoms with Crippen LogP contribution in [0.5, 0.6) is 0 Å². The van der Waals surface area contributed by atoms with E-state index in [1.54, 1.807) is 5.57 Å². The van der Waals surface area contributed by atoms with Crippen LogP contribution in [-0.4, -0.2) is 9.13 Å². The monoisotopic (exact) mass is 610 g/mol. The van der Waals surface area contributed by atoms with E-state index in [0.29, 0.717) is 23.7 Å². The van der Waals surface area contributed by atoms with Crippen LogP contribution in [0.4, 0.5) is 0 Å². The highest BCUT2D eigenvalue weighted by Crippen LogP contribution is 2.46. The van der Waals surface area contributed by atoms with Crippen LogP contribution in [0.3, 0.4) is 0 Å². The van der Waals surface area contributed by atoms with Crippen LogP contribution >= 0.6 is 0 Å². The lowest BCUT2D eigenvalue weighted by molar-refractivity contribution is 0.313. The molecule has 0 aliphatic heterocycles. The molecule has 0 amide bonds. The fraction of sp³-hybridized carbons (Fsp3) is 0.267. The van der Waals surface area contributed by atoms with Crippen molar-refractivity contribution in [2.24, 2.45) is 23.7 Å². The van der Waals surface area contributed by atoms with Crippen LogP contribution in [0.25, 0.3) is 45.3 Å². The smallest absolute Gasteiger partial charge is 0.0537 e. The van der Waals surface area contributed by atoms with E-state index in [0.717, 1.165) is 25.7 Å². The van der Waals surface area contributed by atoms with E-state index in [4.69, 9.17) is 0 Å². The summed E-state index contributed by atoms with van der Waals surface area (Å²) in [5, 5.41) is 2.82. The number of para-hydroxylation sites is 3. The first-order valence-electron chi connectivity index (χ1n) is 17.8. The highest BCUT2D eigenvalue weighted by molar-refractivity contribution is 5.93. The van der Waals surface area contributed by atoms with Crippen LogP contribution in [0, 0.1) is 23.7 Å². The zero-order valence-corrected chi connectivity index (χ0v) is 27.3. The predicted molar refractivity (Wildman–Crippen MR) is 198 cm³/mol. The van der Waals surface area contributed by atoms with Gasteiger partial charge in [-0.3, -0.25) is 0 Å². The van der Waals surface area contributed by atoms with Gasteiger partial charge in [0.15, 0.2) is 0 Å². The van der Waals surface area contributed by atoms with Gasteiger partial charge in [-0.25, -0.2) is 0 Å². The van der Waals surface area contributed by atoms with Crippen LogP contribution in [0.1, 0.15) is 61.5 Å². The maximum atomic E-state index is 3.34. The quantitative estimate of drug-likeness (QED) is 0.169. The second-order valence-electron chi connectivity index (χ2n) is 13.9. The van der Waals surface area contributed by atoms with Crippen molar-refractivity contribution in [3.63, 3.8) is 0 Å². The van der Waals surface area contributed by atoms with E-state index >= 15 is 0 Å². The number of aryl methyl sites for hydroxylation is 1. The third-order valence-corrected chi connectivity index (χ3v) is 11.4. The first-order chi connectivity index (χ1) is 23.3. The summed E-state index contributed by atoms with van der Waals surface area (Å²) in [5.74, 6) is 2.15. The average molecular weight is 611 g/mol. The topological polar surface area (TPSA) is 9.86 Å². The van der Waals surface area contributed by atoms with E-state index in [-0.39, 0.29) is 0 Å². The molecule has 4 atom stereocenters. The van der Waals surface area contributed by atoms with Crippen molar-refractivity contribution < 1.29 is 0 Å². The minimum atomic E-state index is 0.408. The lowest BCUT2D eigenvalue weighted by atomic mass is 9.74. The molecule has 4 aliphatic carbocycles. The highest BCUT2D eigenvalue weighted by atomic mass is 15.0. The van der Waals surface area contributed by atoms with Crippen molar-refractivity contribution in [1.29, 1.82) is 0 Å². The lowest BCUT2D eigenvalue weighted by Gasteiger charge is -2.35. The third kappa shape index (κ3) is 4.78. The molecule has 2 nitrogen and oxygen atoms in total. The van der Waals surface area contributed by atoms with Gasteiger partial charge in [0.25, 0.3) is 0 Å². The number of hydrogen-bond acceptors (Lipinski definition) is 0. The Morgan fingerprint density at radius 3 is 2.34 bits per heavy atom. The Morgan fingerprint density at radius 1 is 0.787 bits per heavy atom. The van der Waals surface area contributed by atoms with Crippen LogP contribution in [0.2, 0.25) is 0 Å². The van der Waals surface area contributed by atoms with E-state index in [9.17, 15) is 0 Å². The van der Waals surface area contributed by atoms with Crippen LogP contribution in [-0.2, 0) is 12.8 Å². The van der Waals surface area contributed by atoms with Crippen LogP contribution < -0.4 is 0 Å². The van der Waals surface area contributed by atoms with Crippen molar-refractivity contribution in [1.82, 2.24) is 9.13 Å². The van der Waals surface area contributed by atoms with Gasteiger partial charge < -0.3 is 9.13 Å². The number of nitrogens with zero attached hydrogens (tertiary/aromatic N) is 2. The Hall–Kier alpha value is -4.78. The van der Waals surface area contributed by atoms with Gasteiger partial charge in [-0.05, 0) is 111 Å². The number of rotatable bonds is 6. The molecule has 5 aromatic rings. The Morgan fingerprint density at radius 2 is 1.55 bits per heavy atom. The maximum absolute atomic E-state index is 3.34. The summed E-state index contributed by atoms with van der Waals surface area (Å²) in [6.45, 7) is 2.39. The number of fused-ring (bicyclic) bond motifs is 6. The zero-order valence-electron chi connectivity index (χ0n) is 27.3. The number of hydrogen-bond donors (Lipinski definition) is 0. The molecular formula is C45H42N2. The largest absolute Gasteiger partial charge is 0.313 e. The van der Waals surface area contributed by atoms with E-state index in [1.165, 1.54) is 75.0 Å². The molecule has 0 radical (unpaired) electrons. The highest BCUT2D eigenvalue weighted by Gasteiger charge is 2.33. The number of allylic oxidation sites excluding steroid dienone is 7. The first kappa shape index (κ1) is 28.4. The average Bonchev–Trinajstić information content (AvgIpc) is 3.64. The van der Waals surface area contributed by atoms with Gasteiger partial charge in [-0.2, -0.15) is 0 Å². The lowest BCUT2D eigenvalue weighted by Crippen LogP contribution is -2.25. The molecule has 4 aliphatic rings. The molecule has 2 heterocycles. The SMILES string of the molecule is CCC1C(n2c3c(c4ccccc42)C[C@@H](C2=Cc4c(c5ccccc5n4-c4ccccc4)CC2)C=C3)=CCC[C@@H]1CC1C=C=CC=C1. The summed E-state index contributed by atoms with van der Waals surface area (Å²) >= 11 is 0. The summed E-state index contributed by atoms with van der Waals surface area (Å²) in [4.78, 5) is 0. The van der Waals surface area contributed by atoms with Gasteiger partial charge in [0.1, 0.15) is 0 Å². The summed E-state index contributed by atoms with van der Waals surface area (Å²) in [6, 6.07) is 29.0. The van der Waals surface area contributed by atoms with Gasteiger partial charge in [0.05, 0.1) is 16.7 Å². The Bertz CT molecular complexity index is 2190. The van der Waals surface area contributed by atoms with Crippen molar-refractivity contribution in [3.8, 4) is 5.69 Å². The minimum Gasteiger partial charge on any atom is -0.313 e. The van der Waals surface area contributed by atoms with Crippen LogP contribution in [0.15, 0.2) is 127 Å². The second-order valence-corrected chi connectivity index (χ2v) is 13.9. The molecule has 0 N–H and O–H groups in total. The van der Waals surface area contributed by atoms with Gasteiger partial charge in [-0.15, -0.1) is 5.73 Å². The summed E-state index contributed by atoms with van der Waals surface area (Å²) in [7, 11) is 0. The minimum absolute atomic E-state index is 0.408. The zero-order chi connectivity index (χ0) is 31.3. The molecule has 3 aromatic carbocycles. The summed E-state index contributed by atoms with van der Waals surface area (Å²) in [5.41, 5.74) is 16.1. The molecule has 0 bridgehead atoms. The fourth-order valence-electron chi connectivity index (χ4n) is 9.26. The normalized spacial score (nSPS) is 23.2. The number of aromatic nitrogens is 2. The molecule has 0 spiro atoms. The maximum Gasteiger partial charge on any atom is 0.0537 e. The van der Waals surface area contributed by atoms with Crippen molar-refractivity contribution in [3.05, 3.63) is 149 Å². The van der Waals surface area contributed by atoms with E-state index < -0.39 is 0 Å². The van der Waals surface area contributed by atoms with Crippen molar-refractivity contribution in [2.45, 2.75) is 51.9 Å². The molecule has 2 heteroatoms. The second kappa shape index (κ2) is 11.8. The molecule has 0 saturated carbocycles. The predicted octanol–water partition coefficient (Wildman–Crippen LogP) is 11.4. The molecule has 0 saturated heterocycles. The molecule has 0 fully saturated rings. The summed E-state index contributed by atoms with van der Waals surface area (Å²) in [6.07, 6.45) is 27.0. The van der Waals surface area contributed by atoms with Gasteiger partial charge >= 0.3 is 0 Å². The molecule has 232 valence electrons. The molecule has 47 heavy (non-hydrogen) atoms.